The number of hydrogen-bond donors (Lipinski definition) is 2. The summed E-state index contributed by atoms with van der Waals surface area (Å²) in [6.07, 6.45) is 0. The molecule has 2 rings (SSSR count). The third-order valence-corrected chi connectivity index (χ3v) is 2.21. The molecule has 5 nitrogen and oxygen atoms in total. The molecule has 1 aromatic carbocycles. The van der Waals surface area contributed by atoms with E-state index in [2.05, 4.69) is 0 Å². The fourth-order valence-corrected chi connectivity index (χ4v) is 1.47. The van der Waals surface area contributed by atoms with Gasteiger partial charge in [0, 0.05) is 0 Å². The molecule has 0 saturated heterocycles. The van der Waals surface area contributed by atoms with Gasteiger partial charge < -0.3 is 19.5 Å². The summed E-state index contributed by atoms with van der Waals surface area (Å²) in [4.78, 5) is 10.3. The van der Waals surface area contributed by atoms with E-state index in [1.54, 1.807) is 0 Å². The molecule has 0 bridgehead atoms. The largest absolute Gasteiger partial charge is 0.491 e. The molecule has 7 heteroatoms. The molecule has 1 aliphatic heterocycles. The van der Waals surface area contributed by atoms with Gasteiger partial charge in [-0.2, -0.15) is 0 Å². The molecule has 0 radical (unpaired) electrons. The lowest BCUT2D eigenvalue weighted by Crippen LogP contribution is -2.28. The molecule has 1 heterocycles. The maximum atomic E-state index is 13.4. The second kappa shape index (κ2) is 4.11. The zero-order valence-electron chi connectivity index (χ0n) is 8.14. The summed E-state index contributed by atoms with van der Waals surface area (Å²) < 4.78 is 23.0. The Morgan fingerprint density at radius 2 is 2.38 bits per heavy atom. The second-order valence-electron chi connectivity index (χ2n) is 3.33. The van der Waals surface area contributed by atoms with E-state index < -0.39 is 25.5 Å². The Balaban J connectivity index is 2.26. The Kier molecular flexibility index (Phi) is 2.80. The first-order chi connectivity index (χ1) is 7.58. The number of carboxylic acid groups (broad SMARTS) is 1. The van der Waals surface area contributed by atoms with Crippen LogP contribution in [0.2, 0.25) is 0 Å². The molecule has 2 N–H and O–H groups in total. The molecule has 16 heavy (non-hydrogen) atoms. The summed E-state index contributed by atoms with van der Waals surface area (Å²) in [5.41, 5.74) is 0.939. The zero-order chi connectivity index (χ0) is 11.7. The first-order valence-electron chi connectivity index (χ1n) is 4.54. The van der Waals surface area contributed by atoms with Crippen molar-refractivity contribution in [3.05, 3.63) is 23.5 Å². The normalized spacial score (nSPS) is 13.8. The lowest BCUT2D eigenvalue weighted by molar-refractivity contribution is -0.139. The Bertz CT molecular complexity index is 436. The van der Waals surface area contributed by atoms with Crippen molar-refractivity contribution < 1.29 is 28.7 Å². The third-order valence-electron chi connectivity index (χ3n) is 2.21. The molecule has 84 valence electrons. The van der Waals surface area contributed by atoms with E-state index in [1.807, 2.05) is 0 Å². The van der Waals surface area contributed by atoms with Crippen LogP contribution in [0, 0.1) is 5.82 Å². The number of aliphatic carboxylic acids is 1. The van der Waals surface area contributed by atoms with E-state index in [0.29, 0.717) is 11.0 Å². The highest BCUT2D eigenvalue weighted by Gasteiger charge is 2.29. The Morgan fingerprint density at radius 3 is 3.06 bits per heavy atom. The van der Waals surface area contributed by atoms with Crippen molar-refractivity contribution in [1.82, 2.24) is 0 Å². The van der Waals surface area contributed by atoms with Crippen molar-refractivity contribution in [2.45, 2.75) is 6.61 Å². The second-order valence-corrected chi connectivity index (χ2v) is 3.33. The molecular formula is C9H8BFO5. The highest BCUT2D eigenvalue weighted by Crippen LogP contribution is 2.20. The van der Waals surface area contributed by atoms with Crippen molar-refractivity contribution in [1.29, 1.82) is 0 Å². The van der Waals surface area contributed by atoms with Crippen LogP contribution in [0.5, 0.6) is 5.75 Å². The lowest BCUT2D eigenvalue weighted by atomic mass is 9.79. The smallest absolute Gasteiger partial charge is 0.479 e. The van der Waals surface area contributed by atoms with E-state index in [0.717, 1.165) is 0 Å². The number of hydrogen-bond acceptors (Lipinski definition) is 4. The van der Waals surface area contributed by atoms with Crippen LogP contribution in [0.4, 0.5) is 4.39 Å². The number of carbonyl (C=O) groups is 1. The van der Waals surface area contributed by atoms with E-state index in [4.69, 9.17) is 14.5 Å². The van der Waals surface area contributed by atoms with Crippen molar-refractivity contribution in [2.75, 3.05) is 6.61 Å². The predicted octanol–water partition coefficient (Wildman–Crippen LogP) is -0.493. The summed E-state index contributed by atoms with van der Waals surface area (Å²) in [6, 6.07) is 2.42. The van der Waals surface area contributed by atoms with Gasteiger partial charge in [0.05, 0.1) is 6.61 Å². The Labute approximate surface area is 90.6 Å². The topological polar surface area (TPSA) is 76.0 Å². The molecule has 0 unspecified atom stereocenters. The fraction of sp³-hybridized carbons (Fsp3) is 0.222. The zero-order valence-corrected chi connectivity index (χ0v) is 8.14. The van der Waals surface area contributed by atoms with Crippen molar-refractivity contribution in [3.63, 3.8) is 0 Å². The van der Waals surface area contributed by atoms with Gasteiger partial charge in [-0.15, -0.1) is 0 Å². The maximum absolute atomic E-state index is 13.4. The van der Waals surface area contributed by atoms with E-state index in [9.17, 15) is 14.2 Å². The molecule has 0 spiro atoms. The molecule has 0 aliphatic carbocycles. The third kappa shape index (κ3) is 2.00. The van der Waals surface area contributed by atoms with Crippen LogP contribution in [0.15, 0.2) is 12.1 Å². The number of benzene rings is 1. The average molecular weight is 226 g/mol. The molecule has 0 fully saturated rings. The summed E-state index contributed by atoms with van der Waals surface area (Å²) >= 11 is 0. The Morgan fingerprint density at radius 1 is 1.62 bits per heavy atom. The molecule has 0 aromatic heterocycles. The van der Waals surface area contributed by atoms with Gasteiger partial charge in [0.25, 0.3) is 0 Å². The van der Waals surface area contributed by atoms with Crippen molar-refractivity contribution in [2.24, 2.45) is 0 Å². The van der Waals surface area contributed by atoms with Crippen LogP contribution in [-0.4, -0.2) is 29.8 Å². The van der Waals surface area contributed by atoms with Crippen molar-refractivity contribution in [3.8, 4) is 5.75 Å². The van der Waals surface area contributed by atoms with Gasteiger partial charge >= 0.3 is 13.1 Å². The summed E-state index contributed by atoms with van der Waals surface area (Å²) in [6.45, 7) is -0.501. The van der Waals surface area contributed by atoms with Crippen LogP contribution in [0.3, 0.4) is 0 Å². The molecule has 0 atom stereocenters. The van der Waals surface area contributed by atoms with Crippen LogP contribution in [0.25, 0.3) is 0 Å². The number of ether oxygens (including phenoxy) is 1. The Hall–Kier alpha value is -1.60. The monoisotopic (exact) mass is 226 g/mol. The quantitative estimate of drug-likeness (QED) is 0.680. The minimum atomic E-state index is -1.20. The van der Waals surface area contributed by atoms with Gasteiger partial charge in [0.2, 0.25) is 0 Å². The van der Waals surface area contributed by atoms with Crippen LogP contribution in [0.1, 0.15) is 5.56 Å². The van der Waals surface area contributed by atoms with Gasteiger partial charge in [-0.1, -0.05) is 0 Å². The van der Waals surface area contributed by atoms with E-state index in [1.165, 1.54) is 12.1 Å². The van der Waals surface area contributed by atoms with E-state index in [-0.39, 0.29) is 12.4 Å². The minimum absolute atomic E-state index is 0.132. The first-order valence-corrected chi connectivity index (χ1v) is 4.54. The molecule has 0 amide bonds. The van der Waals surface area contributed by atoms with Crippen LogP contribution >= 0.6 is 0 Å². The SMILES string of the molecule is O=C(O)COc1cc2c(cc1F)COB2O. The standard InChI is InChI=1S/C9H8BFO5/c11-7-1-5-3-16-10(14)6(5)2-8(7)15-4-9(12)13/h1-2,14H,3-4H2,(H,12,13). The van der Waals surface area contributed by atoms with Gasteiger partial charge in [-0.05, 0) is 23.2 Å². The number of carboxylic acids is 1. The van der Waals surface area contributed by atoms with Gasteiger partial charge in [-0.3, -0.25) is 0 Å². The summed E-state index contributed by atoms with van der Waals surface area (Å²) in [7, 11) is -1.11. The first kappa shape index (κ1) is 10.9. The van der Waals surface area contributed by atoms with E-state index >= 15 is 0 Å². The highest BCUT2D eigenvalue weighted by molar-refractivity contribution is 6.61. The lowest BCUT2D eigenvalue weighted by Gasteiger charge is -2.07. The average Bonchev–Trinajstić information content (AvgIpc) is 2.56. The minimum Gasteiger partial charge on any atom is -0.479 e. The van der Waals surface area contributed by atoms with Crippen molar-refractivity contribution >= 4 is 18.6 Å². The molecule has 1 aliphatic rings. The fourth-order valence-electron chi connectivity index (χ4n) is 1.47. The number of halogens is 1. The molecular weight excluding hydrogens is 218 g/mol. The summed E-state index contributed by atoms with van der Waals surface area (Å²) in [5.74, 6) is -2.07. The van der Waals surface area contributed by atoms with Crippen LogP contribution in [-0.2, 0) is 16.1 Å². The number of rotatable bonds is 3. The maximum Gasteiger partial charge on any atom is 0.491 e. The van der Waals surface area contributed by atoms with Crippen LogP contribution < -0.4 is 10.2 Å². The highest BCUT2D eigenvalue weighted by atomic mass is 19.1. The number of fused-ring (bicyclic) bond motifs is 1. The molecule has 1 aromatic rings. The molecule has 0 saturated carbocycles. The van der Waals surface area contributed by atoms with Gasteiger partial charge in [-0.25, -0.2) is 9.18 Å². The van der Waals surface area contributed by atoms with Gasteiger partial charge in [0.1, 0.15) is 0 Å². The van der Waals surface area contributed by atoms with Gasteiger partial charge in [0.15, 0.2) is 18.2 Å². The predicted molar refractivity (Wildman–Crippen MR) is 51.9 cm³/mol. The summed E-state index contributed by atoms with van der Waals surface area (Å²) in [5, 5.41) is 17.7.